The van der Waals surface area contributed by atoms with Gasteiger partial charge in [0.1, 0.15) is 5.82 Å². The molecule has 1 amide bonds. The molecule has 1 atom stereocenters. The van der Waals surface area contributed by atoms with Crippen molar-refractivity contribution in [2.24, 2.45) is 11.5 Å². The molecular weight excluding hydrogens is 269 g/mol. The zero-order valence-corrected chi connectivity index (χ0v) is 12.7. The molecule has 1 aromatic rings. The maximum atomic E-state index is 14.3. The molecule has 5 heteroatoms. The van der Waals surface area contributed by atoms with Gasteiger partial charge in [-0.05, 0) is 62.0 Å². The van der Waals surface area contributed by atoms with Gasteiger partial charge in [0, 0.05) is 0 Å². The minimum Gasteiger partial charge on any atom is -0.368 e. The third kappa shape index (κ3) is 3.60. The van der Waals surface area contributed by atoms with E-state index in [9.17, 15) is 9.18 Å². The van der Waals surface area contributed by atoms with E-state index in [0.717, 1.165) is 31.5 Å². The molecule has 0 aliphatic carbocycles. The summed E-state index contributed by atoms with van der Waals surface area (Å²) < 4.78 is 14.3. The molecule has 0 aromatic heterocycles. The predicted molar refractivity (Wildman–Crippen MR) is 81.4 cm³/mol. The van der Waals surface area contributed by atoms with Crippen molar-refractivity contribution in [3.8, 4) is 0 Å². The lowest BCUT2D eigenvalue weighted by Crippen LogP contribution is -2.39. The number of halogens is 1. The van der Waals surface area contributed by atoms with Crippen LogP contribution in [0.3, 0.4) is 0 Å². The molecule has 21 heavy (non-hydrogen) atoms. The van der Waals surface area contributed by atoms with Crippen LogP contribution >= 0.6 is 0 Å². The summed E-state index contributed by atoms with van der Waals surface area (Å²) in [6.07, 6.45) is 2.17. The van der Waals surface area contributed by atoms with E-state index in [1.165, 1.54) is 0 Å². The molecule has 0 saturated carbocycles. The lowest BCUT2D eigenvalue weighted by atomic mass is 9.74. The van der Waals surface area contributed by atoms with Crippen molar-refractivity contribution in [2.75, 3.05) is 20.1 Å². The van der Waals surface area contributed by atoms with Crippen LogP contribution in [0.25, 0.3) is 0 Å². The summed E-state index contributed by atoms with van der Waals surface area (Å²) in [4.78, 5) is 13.3. The number of hydrogen-bond donors (Lipinski definition) is 2. The summed E-state index contributed by atoms with van der Waals surface area (Å²) in [5.74, 6) is -0.912. The topological polar surface area (TPSA) is 72.3 Å². The summed E-state index contributed by atoms with van der Waals surface area (Å²) >= 11 is 0. The Labute approximate surface area is 125 Å². The van der Waals surface area contributed by atoms with Crippen LogP contribution in [0.4, 0.5) is 4.39 Å². The Morgan fingerprint density at radius 3 is 2.57 bits per heavy atom. The Balaban J connectivity index is 2.17. The molecule has 1 saturated heterocycles. The predicted octanol–water partition coefficient (Wildman–Crippen LogP) is 1.16. The third-order valence-electron chi connectivity index (χ3n) is 4.65. The zero-order valence-electron chi connectivity index (χ0n) is 12.7. The summed E-state index contributed by atoms with van der Waals surface area (Å²) in [7, 11) is 2.11. The maximum absolute atomic E-state index is 14.3. The van der Waals surface area contributed by atoms with E-state index < -0.39 is 11.9 Å². The van der Waals surface area contributed by atoms with Gasteiger partial charge in [0.25, 0.3) is 0 Å². The van der Waals surface area contributed by atoms with E-state index >= 15 is 0 Å². The maximum Gasteiger partial charge on any atom is 0.234 e. The van der Waals surface area contributed by atoms with Gasteiger partial charge in [-0.15, -0.1) is 0 Å². The van der Waals surface area contributed by atoms with Gasteiger partial charge >= 0.3 is 0 Å². The number of benzene rings is 1. The molecule has 1 heterocycles. The molecule has 4 nitrogen and oxygen atoms in total. The minimum atomic E-state index is -0.843. The molecule has 0 radical (unpaired) electrons. The highest BCUT2D eigenvalue weighted by atomic mass is 19.1. The summed E-state index contributed by atoms with van der Waals surface area (Å²) in [6.45, 7) is 4.22. The van der Waals surface area contributed by atoms with Gasteiger partial charge in [0.05, 0.1) is 6.04 Å². The third-order valence-corrected chi connectivity index (χ3v) is 4.65. The SMILES string of the molecule is CN1CCC(C)(c2ccc(CC(N)C(N)=O)c(F)c2)CC1. The zero-order chi connectivity index (χ0) is 15.6. The summed E-state index contributed by atoms with van der Waals surface area (Å²) in [5, 5.41) is 0. The average molecular weight is 293 g/mol. The molecule has 2 rings (SSSR count). The number of rotatable bonds is 4. The molecule has 1 aromatic carbocycles. The Morgan fingerprint density at radius 1 is 1.43 bits per heavy atom. The van der Waals surface area contributed by atoms with Gasteiger partial charge in [0.15, 0.2) is 0 Å². The van der Waals surface area contributed by atoms with Crippen molar-refractivity contribution in [1.29, 1.82) is 0 Å². The molecule has 1 aliphatic rings. The Kier molecular flexibility index (Phi) is 4.64. The van der Waals surface area contributed by atoms with Crippen molar-refractivity contribution in [1.82, 2.24) is 4.90 Å². The average Bonchev–Trinajstić information content (AvgIpc) is 2.44. The van der Waals surface area contributed by atoms with Crippen LogP contribution in [0.2, 0.25) is 0 Å². The van der Waals surface area contributed by atoms with Gasteiger partial charge < -0.3 is 16.4 Å². The number of nitrogens with zero attached hydrogens (tertiary/aromatic N) is 1. The number of piperidine rings is 1. The number of carbonyl (C=O) groups excluding carboxylic acids is 1. The highest BCUT2D eigenvalue weighted by molar-refractivity contribution is 5.79. The van der Waals surface area contributed by atoms with Crippen LogP contribution in [0, 0.1) is 5.82 Å². The van der Waals surface area contributed by atoms with Gasteiger partial charge in [0.2, 0.25) is 5.91 Å². The van der Waals surface area contributed by atoms with Crippen molar-refractivity contribution in [3.05, 3.63) is 35.1 Å². The van der Waals surface area contributed by atoms with Gasteiger partial charge in [-0.1, -0.05) is 19.1 Å². The lowest BCUT2D eigenvalue weighted by molar-refractivity contribution is -0.119. The smallest absolute Gasteiger partial charge is 0.234 e. The first-order chi connectivity index (χ1) is 9.82. The van der Waals surface area contributed by atoms with Crippen LogP contribution in [-0.2, 0) is 16.6 Å². The van der Waals surface area contributed by atoms with Gasteiger partial charge in [-0.25, -0.2) is 4.39 Å². The molecule has 1 fully saturated rings. The van der Waals surface area contributed by atoms with Crippen molar-refractivity contribution in [2.45, 2.75) is 37.6 Å². The highest BCUT2D eigenvalue weighted by Crippen LogP contribution is 2.35. The molecular formula is C16H24FN3O. The molecule has 4 N–H and O–H groups in total. The van der Waals surface area contributed by atoms with Crippen LogP contribution < -0.4 is 11.5 Å². The Morgan fingerprint density at radius 2 is 2.05 bits per heavy atom. The Bertz CT molecular complexity index is 524. The van der Waals surface area contributed by atoms with Crippen LogP contribution in [0.5, 0.6) is 0 Å². The van der Waals surface area contributed by atoms with E-state index in [0.29, 0.717) is 5.56 Å². The van der Waals surface area contributed by atoms with E-state index in [4.69, 9.17) is 11.5 Å². The first kappa shape index (κ1) is 15.9. The number of primary amides is 1. The lowest BCUT2D eigenvalue weighted by Gasteiger charge is -2.38. The summed E-state index contributed by atoms with van der Waals surface area (Å²) in [6, 6.07) is 4.44. The normalized spacial score (nSPS) is 20.2. The monoisotopic (exact) mass is 293 g/mol. The van der Waals surface area contributed by atoms with Crippen LogP contribution in [0.1, 0.15) is 30.9 Å². The molecule has 0 spiro atoms. The van der Waals surface area contributed by atoms with Crippen molar-refractivity contribution in [3.63, 3.8) is 0 Å². The second-order valence-electron chi connectivity index (χ2n) is 6.38. The molecule has 1 unspecified atom stereocenters. The first-order valence-corrected chi connectivity index (χ1v) is 7.34. The fourth-order valence-corrected chi connectivity index (χ4v) is 2.83. The first-order valence-electron chi connectivity index (χ1n) is 7.34. The van der Waals surface area contributed by atoms with E-state index in [2.05, 4.69) is 18.9 Å². The molecule has 116 valence electrons. The van der Waals surface area contributed by atoms with E-state index in [1.54, 1.807) is 12.1 Å². The molecule has 0 bridgehead atoms. The highest BCUT2D eigenvalue weighted by Gasteiger charge is 2.31. The second kappa shape index (κ2) is 6.12. The number of hydrogen-bond acceptors (Lipinski definition) is 3. The quantitative estimate of drug-likeness (QED) is 0.875. The minimum absolute atomic E-state index is 0.0116. The fourth-order valence-electron chi connectivity index (χ4n) is 2.83. The van der Waals surface area contributed by atoms with Gasteiger partial charge in [-0.3, -0.25) is 4.79 Å². The standard InChI is InChI=1S/C16H24FN3O/c1-16(5-7-20(2)8-6-16)12-4-3-11(13(17)10-12)9-14(18)15(19)21/h3-4,10,14H,5-9,18H2,1-2H3,(H2,19,21). The number of likely N-dealkylation sites (tertiary alicyclic amines) is 1. The number of carbonyl (C=O) groups is 1. The van der Waals surface area contributed by atoms with Crippen LogP contribution in [0.15, 0.2) is 18.2 Å². The van der Waals surface area contributed by atoms with Crippen molar-refractivity contribution >= 4 is 5.91 Å². The van der Waals surface area contributed by atoms with Crippen molar-refractivity contribution < 1.29 is 9.18 Å². The Hall–Kier alpha value is -1.46. The second-order valence-corrected chi connectivity index (χ2v) is 6.38. The number of amides is 1. The van der Waals surface area contributed by atoms with E-state index in [1.807, 2.05) is 6.07 Å². The van der Waals surface area contributed by atoms with Crippen LogP contribution in [-0.4, -0.2) is 37.0 Å². The molecule has 1 aliphatic heterocycles. The van der Waals surface area contributed by atoms with E-state index in [-0.39, 0.29) is 17.7 Å². The fraction of sp³-hybridized carbons (Fsp3) is 0.562. The largest absolute Gasteiger partial charge is 0.368 e. The summed E-state index contributed by atoms with van der Waals surface area (Å²) in [5.41, 5.74) is 12.2. The number of nitrogens with two attached hydrogens (primary N) is 2. The van der Waals surface area contributed by atoms with Gasteiger partial charge in [-0.2, -0.15) is 0 Å².